The van der Waals surface area contributed by atoms with Crippen LogP contribution in [0.15, 0.2) is 24.5 Å². The summed E-state index contributed by atoms with van der Waals surface area (Å²) in [5, 5.41) is 2.93. The maximum absolute atomic E-state index is 11.9. The summed E-state index contributed by atoms with van der Waals surface area (Å²) in [7, 11) is 5.50. The molecule has 6 nitrogen and oxygen atoms in total. The van der Waals surface area contributed by atoms with Crippen LogP contribution in [0.5, 0.6) is 0 Å². The fourth-order valence-corrected chi connectivity index (χ4v) is 2.27. The van der Waals surface area contributed by atoms with Crippen LogP contribution in [-0.2, 0) is 14.1 Å². The molecule has 0 amide bonds. The number of carbonyl (C=O) groups is 2. The normalized spacial score (nSPS) is 13.8. The highest BCUT2D eigenvalue weighted by molar-refractivity contribution is 5.95. The van der Waals surface area contributed by atoms with E-state index in [0.717, 1.165) is 24.9 Å². The van der Waals surface area contributed by atoms with Crippen molar-refractivity contribution in [3.63, 3.8) is 0 Å². The van der Waals surface area contributed by atoms with Gasteiger partial charge >= 0.3 is 0 Å². The molecule has 0 saturated heterocycles. The number of hydrogen-bond acceptors (Lipinski definition) is 4. The van der Waals surface area contributed by atoms with Crippen LogP contribution < -0.4 is 5.32 Å². The Morgan fingerprint density at radius 3 is 2.45 bits per heavy atom. The summed E-state index contributed by atoms with van der Waals surface area (Å²) in [5.74, 6) is 1.76. The lowest BCUT2D eigenvalue weighted by Gasteiger charge is -2.23. The Hall–Kier alpha value is -2.37. The Bertz CT molecular complexity index is 653. The largest absolute Gasteiger partial charge is 0.372 e. The summed E-state index contributed by atoms with van der Waals surface area (Å²) in [6.07, 6.45) is 7.75. The summed E-state index contributed by atoms with van der Waals surface area (Å²) < 4.78 is 3.57. The smallest absolute Gasteiger partial charge is 0.201 e. The zero-order chi connectivity index (χ0) is 16.1. The van der Waals surface area contributed by atoms with Crippen LogP contribution in [0, 0.1) is 5.92 Å². The average molecular weight is 302 g/mol. The van der Waals surface area contributed by atoms with Crippen LogP contribution in [0.3, 0.4) is 0 Å². The van der Waals surface area contributed by atoms with E-state index in [1.807, 2.05) is 32.6 Å². The second-order valence-electron chi connectivity index (χ2n) is 5.46. The molecule has 0 bridgehead atoms. The highest BCUT2D eigenvalue weighted by Crippen LogP contribution is 2.29. The molecule has 0 atom stereocenters. The lowest BCUT2D eigenvalue weighted by Crippen LogP contribution is -2.24. The minimum Gasteiger partial charge on any atom is -0.372 e. The number of aromatic nitrogens is 3. The number of anilines is 1. The zero-order valence-electron chi connectivity index (χ0n) is 13.2. The highest BCUT2D eigenvalue weighted by atomic mass is 16.1. The van der Waals surface area contributed by atoms with E-state index in [4.69, 9.17) is 0 Å². The van der Waals surface area contributed by atoms with Crippen molar-refractivity contribution < 1.29 is 9.59 Å². The summed E-state index contributed by atoms with van der Waals surface area (Å²) >= 11 is 0. The molecule has 22 heavy (non-hydrogen) atoms. The first-order chi connectivity index (χ1) is 10.6. The molecule has 1 aliphatic rings. The van der Waals surface area contributed by atoms with E-state index >= 15 is 0 Å². The molecule has 0 unspecified atom stereocenters. The molecule has 2 heterocycles. The van der Waals surface area contributed by atoms with Gasteiger partial charge in [-0.25, -0.2) is 4.98 Å². The van der Waals surface area contributed by atoms with Gasteiger partial charge in [-0.15, -0.1) is 0 Å². The van der Waals surface area contributed by atoms with Gasteiger partial charge in [0.25, 0.3) is 0 Å². The molecule has 3 rings (SSSR count). The molecule has 2 aromatic rings. The number of nitrogens with zero attached hydrogens (tertiary/aromatic N) is 3. The van der Waals surface area contributed by atoms with Gasteiger partial charge in [0.15, 0.2) is 12.1 Å². The molecule has 0 radical (unpaired) electrons. The number of carbonyl (C=O) groups excluding carboxylic acids is 2. The van der Waals surface area contributed by atoms with Crippen LogP contribution in [0.25, 0.3) is 0 Å². The van der Waals surface area contributed by atoms with Gasteiger partial charge in [0.1, 0.15) is 5.82 Å². The van der Waals surface area contributed by atoms with Gasteiger partial charge in [0, 0.05) is 39.5 Å². The van der Waals surface area contributed by atoms with Gasteiger partial charge in [-0.2, -0.15) is 0 Å². The number of aldehydes is 1. The molecular formula is C16H22N4O2. The molecule has 0 aliphatic heterocycles. The monoisotopic (exact) mass is 302 g/mol. The zero-order valence-corrected chi connectivity index (χ0v) is 13.2. The number of rotatable bonds is 4. The van der Waals surface area contributed by atoms with Crippen molar-refractivity contribution in [2.75, 3.05) is 12.4 Å². The molecule has 0 aromatic carbocycles. The second kappa shape index (κ2) is 7.06. The summed E-state index contributed by atoms with van der Waals surface area (Å²) in [6, 6.07) is 3.61. The molecule has 1 saturated carbocycles. The Morgan fingerprint density at radius 1 is 1.36 bits per heavy atom. The van der Waals surface area contributed by atoms with Crippen LogP contribution >= 0.6 is 0 Å². The van der Waals surface area contributed by atoms with Gasteiger partial charge in [-0.05, 0) is 25.0 Å². The fourth-order valence-electron chi connectivity index (χ4n) is 2.27. The summed E-state index contributed by atoms with van der Waals surface area (Å²) in [5.41, 5.74) is 0.713. The number of hydrogen-bond donors (Lipinski definition) is 1. The van der Waals surface area contributed by atoms with Crippen molar-refractivity contribution in [2.24, 2.45) is 20.0 Å². The average Bonchev–Trinajstić information content (AvgIpc) is 3.03. The molecule has 6 heteroatoms. The van der Waals surface area contributed by atoms with Gasteiger partial charge in [0.2, 0.25) is 5.78 Å². The molecule has 118 valence electrons. The first-order valence-electron chi connectivity index (χ1n) is 7.38. The van der Waals surface area contributed by atoms with Gasteiger partial charge in [0.05, 0.1) is 5.69 Å². The molecule has 0 spiro atoms. The van der Waals surface area contributed by atoms with Crippen LogP contribution in [0.2, 0.25) is 0 Å². The quantitative estimate of drug-likeness (QED) is 0.695. The Labute approximate surface area is 130 Å². The predicted molar refractivity (Wildman–Crippen MR) is 85.2 cm³/mol. The van der Waals surface area contributed by atoms with Crippen molar-refractivity contribution in [3.8, 4) is 0 Å². The van der Waals surface area contributed by atoms with E-state index in [1.165, 1.54) is 6.42 Å². The molecular weight excluding hydrogens is 280 g/mol. The maximum atomic E-state index is 11.9. The Balaban J connectivity index is 0.000000188. The molecule has 2 aromatic heterocycles. The second-order valence-corrected chi connectivity index (χ2v) is 5.46. The van der Waals surface area contributed by atoms with Gasteiger partial charge in [-0.1, -0.05) is 6.42 Å². The van der Waals surface area contributed by atoms with E-state index in [0.29, 0.717) is 11.5 Å². The third-order valence-electron chi connectivity index (χ3n) is 3.93. The highest BCUT2D eigenvalue weighted by Gasteiger charge is 2.29. The van der Waals surface area contributed by atoms with Crippen molar-refractivity contribution in [1.29, 1.82) is 0 Å². The fraction of sp³-hybridized carbons (Fsp3) is 0.438. The molecule has 1 aliphatic carbocycles. The number of aryl methyl sites for hydroxylation is 2. The van der Waals surface area contributed by atoms with Crippen molar-refractivity contribution in [2.45, 2.75) is 19.3 Å². The number of ketones is 1. The molecule has 1 fully saturated rings. The van der Waals surface area contributed by atoms with Gasteiger partial charge in [-0.3, -0.25) is 9.59 Å². The summed E-state index contributed by atoms with van der Waals surface area (Å²) in [6.45, 7) is 0. The summed E-state index contributed by atoms with van der Waals surface area (Å²) in [4.78, 5) is 26.2. The van der Waals surface area contributed by atoms with E-state index in [2.05, 4.69) is 10.3 Å². The SMILES string of the molecule is CNc1cn(C)c(C(=O)C2CCC2)n1.Cn1cccc1C=O. The van der Waals surface area contributed by atoms with Crippen molar-refractivity contribution in [1.82, 2.24) is 14.1 Å². The van der Waals surface area contributed by atoms with E-state index in [-0.39, 0.29) is 11.7 Å². The molecule has 1 N–H and O–H groups in total. The number of Topliss-reactive ketones (excluding diaryl/α,β-unsaturated/α-hetero) is 1. The minimum atomic E-state index is 0.195. The van der Waals surface area contributed by atoms with Crippen molar-refractivity contribution >= 4 is 17.9 Å². The van der Waals surface area contributed by atoms with Crippen LogP contribution in [0.4, 0.5) is 5.82 Å². The van der Waals surface area contributed by atoms with E-state index < -0.39 is 0 Å². The van der Waals surface area contributed by atoms with Crippen LogP contribution in [-0.4, -0.2) is 33.2 Å². The third kappa shape index (κ3) is 3.44. The van der Waals surface area contributed by atoms with E-state index in [1.54, 1.807) is 22.2 Å². The Morgan fingerprint density at radius 2 is 2.09 bits per heavy atom. The van der Waals surface area contributed by atoms with Crippen LogP contribution in [0.1, 0.15) is 40.4 Å². The standard InChI is InChI=1S/C10H15N3O.C6H7NO/c1-11-8-6-13(2)10(12-8)9(14)7-4-3-5-7;1-7-4-2-3-6(7)5-8/h6-7,11H,3-5H2,1-2H3;2-5H,1H3. The number of nitrogens with one attached hydrogen (secondary N) is 1. The lowest BCUT2D eigenvalue weighted by atomic mass is 9.82. The first-order valence-corrected chi connectivity index (χ1v) is 7.38. The van der Waals surface area contributed by atoms with Gasteiger partial charge < -0.3 is 14.5 Å². The Kier molecular flexibility index (Phi) is 5.14. The maximum Gasteiger partial charge on any atom is 0.201 e. The topological polar surface area (TPSA) is 68.9 Å². The minimum absolute atomic E-state index is 0.195. The van der Waals surface area contributed by atoms with E-state index in [9.17, 15) is 9.59 Å². The van der Waals surface area contributed by atoms with Crippen molar-refractivity contribution in [3.05, 3.63) is 36.0 Å². The third-order valence-corrected chi connectivity index (χ3v) is 3.93. The number of imidazole rings is 1. The predicted octanol–water partition coefficient (Wildman–Crippen LogP) is 2.28. The first kappa shape index (κ1) is 16.0. The lowest BCUT2D eigenvalue weighted by molar-refractivity contribution is 0.0840.